The number of rotatable bonds is 5. The van der Waals surface area contributed by atoms with E-state index in [1.807, 2.05) is 12.1 Å². The third-order valence-corrected chi connectivity index (χ3v) is 4.13. The normalized spacial score (nSPS) is 11.8. The van der Waals surface area contributed by atoms with Crippen molar-refractivity contribution in [3.05, 3.63) is 102 Å². The topological polar surface area (TPSA) is 74.6 Å². The number of hydrogen-bond donors (Lipinski definition) is 2. The summed E-state index contributed by atoms with van der Waals surface area (Å²) in [7, 11) is 0. The molecule has 3 rings (SSSR count). The third kappa shape index (κ3) is 3.53. The molecule has 2 aromatic carbocycles. The molecule has 0 spiro atoms. The minimum atomic E-state index is -1.84. The van der Waals surface area contributed by atoms with Crippen LogP contribution in [0.1, 0.15) is 23.6 Å². The van der Waals surface area contributed by atoms with Crippen LogP contribution in [0.3, 0.4) is 0 Å². The summed E-state index contributed by atoms with van der Waals surface area (Å²) in [5.41, 5.74) is 3.05. The average molecular weight is 345 g/mol. The number of benzene rings is 2. The molecule has 0 atom stereocenters. The average Bonchev–Trinajstić information content (AvgIpc) is 2.73. The molecule has 1 aromatic heterocycles. The highest BCUT2D eigenvalue weighted by atomic mass is 16.3. The largest absolute Gasteiger partial charge is 0.372 e. The first kappa shape index (κ1) is 17.5. The van der Waals surface area contributed by atoms with Gasteiger partial charge in [0.05, 0.1) is 5.71 Å². The maximum atomic E-state index is 12.9. The second-order valence-electron chi connectivity index (χ2n) is 5.82. The lowest BCUT2D eigenvalue weighted by Crippen LogP contribution is -2.43. The Morgan fingerprint density at radius 2 is 1.42 bits per heavy atom. The molecule has 26 heavy (non-hydrogen) atoms. The second kappa shape index (κ2) is 7.72. The molecule has 3 aromatic rings. The van der Waals surface area contributed by atoms with Gasteiger partial charge in [-0.25, -0.2) is 5.43 Å². The van der Waals surface area contributed by atoms with Gasteiger partial charge in [0.1, 0.15) is 0 Å². The highest BCUT2D eigenvalue weighted by molar-refractivity contribution is 5.99. The molecular formula is C21H19N3O2. The fourth-order valence-electron chi connectivity index (χ4n) is 2.66. The van der Waals surface area contributed by atoms with Crippen molar-refractivity contribution in [2.75, 3.05) is 0 Å². The SMILES string of the molecule is CC(=NNC(=O)C(O)(c1ccccc1)c1ccccc1)c1ccncc1. The van der Waals surface area contributed by atoms with Crippen LogP contribution in [0.5, 0.6) is 0 Å². The summed E-state index contributed by atoms with van der Waals surface area (Å²) in [4.78, 5) is 16.9. The van der Waals surface area contributed by atoms with Gasteiger partial charge in [0, 0.05) is 18.0 Å². The first-order valence-corrected chi connectivity index (χ1v) is 8.21. The van der Waals surface area contributed by atoms with E-state index in [1.165, 1.54) is 0 Å². The zero-order chi connectivity index (χ0) is 18.4. The van der Waals surface area contributed by atoms with E-state index in [0.717, 1.165) is 5.56 Å². The van der Waals surface area contributed by atoms with Gasteiger partial charge in [-0.15, -0.1) is 0 Å². The van der Waals surface area contributed by atoms with Crippen LogP contribution in [0.25, 0.3) is 0 Å². The molecule has 1 heterocycles. The molecule has 0 bridgehead atoms. The Bertz CT molecular complexity index is 855. The van der Waals surface area contributed by atoms with Gasteiger partial charge in [0.15, 0.2) is 5.60 Å². The number of pyridine rings is 1. The predicted molar refractivity (Wildman–Crippen MR) is 100 cm³/mol. The lowest BCUT2D eigenvalue weighted by Gasteiger charge is -2.27. The zero-order valence-corrected chi connectivity index (χ0v) is 14.3. The molecule has 5 heteroatoms. The van der Waals surface area contributed by atoms with E-state index in [9.17, 15) is 9.90 Å². The molecule has 0 aliphatic heterocycles. The minimum Gasteiger partial charge on any atom is -0.372 e. The Kier molecular flexibility index (Phi) is 5.20. The maximum absolute atomic E-state index is 12.9. The molecule has 1 amide bonds. The van der Waals surface area contributed by atoms with E-state index < -0.39 is 11.5 Å². The van der Waals surface area contributed by atoms with Crippen molar-refractivity contribution in [3.63, 3.8) is 0 Å². The summed E-state index contributed by atoms with van der Waals surface area (Å²) in [6, 6.07) is 21.2. The molecule has 5 nitrogen and oxygen atoms in total. The van der Waals surface area contributed by atoms with Gasteiger partial charge in [0.2, 0.25) is 0 Å². The highest BCUT2D eigenvalue weighted by Gasteiger charge is 2.39. The van der Waals surface area contributed by atoms with Crippen molar-refractivity contribution in [1.29, 1.82) is 0 Å². The number of carbonyl (C=O) groups is 1. The fraction of sp³-hybridized carbons (Fsp3) is 0.0952. The number of hydrazone groups is 1. The Morgan fingerprint density at radius 3 is 1.92 bits per heavy atom. The van der Waals surface area contributed by atoms with Crippen molar-refractivity contribution in [2.45, 2.75) is 12.5 Å². The summed E-state index contributed by atoms with van der Waals surface area (Å²) >= 11 is 0. The lowest BCUT2D eigenvalue weighted by atomic mass is 9.85. The summed E-state index contributed by atoms with van der Waals surface area (Å²) in [5.74, 6) is -0.622. The van der Waals surface area contributed by atoms with Crippen LogP contribution in [0.4, 0.5) is 0 Å². The van der Waals surface area contributed by atoms with Gasteiger partial charge in [-0.2, -0.15) is 5.10 Å². The number of aliphatic hydroxyl groups is 1. The van der Waals surface area contributed by atoms with Crippen LogP contribution in [0.2, 0.25) is 0 Å². The molecule has 0 radical (unpaired) electrons. The fourth-order valence-corrected chi connectivity index (χ4v) is 2.66. The van der Waals surface area contributed by atoms with Crippen LogP contribution in [0.15, 0.2) is 90.3 Å². The quantitative estimate of drug-likeness (QED) is 0.551. The second-order valence-corrected chi connectivity index (χ2v) is 5.82. The molecule has 0 saturated carbocycles. The Hall–Kier alpha value is -3.31. The smallest absolute Gasteiger partial charge is 0.281 e. The van der Waals surface area contributed by atoms with E-state index in [2.05, 4.69) is 15.5 Å². The number of hydrogen-bond acceptors (Lipinski definition) is 4. The molecule has 2 N–H and O–H groups in total. The number of nitrogens with zero attached hydrogens (tertiary/aromatic N) is 2. The first-order chi connectivity index (χ1) is 12.6. The van der Waals surface area contributed by atoms with Crippen LogP contribution >= 0.6 is 0 Å². The molecule has 0 aliphatic rings. The summed E-state index contributed by atoms with van der Waals surface area (Å²) < 4.78 is 0. The van der Waals surface area contributed by atoms with Crippen molar-refractivity contribution < 1.29 is 9.90 Å². The maximum Gasteiger partial charge on any atom is 0.281 e. The van der Waals surface area contributed by atoms with Crippen LogP contribution in [-0.4, -0.2) is 21.7 Å². The first-order valence-electron chi connectivity index (χ1n) is 8.21. The van der Waals surface area contributed by atoms with Crippen LogP contribution in [0, 0.1) is 0 Å². The van der Waals surface area contributed by atoms with Gasteiger partial charge in [-0.1, -0.05) is 60.7 Å². The van der Waals surface area contributed by atoms with Gasteiger partial charge < -0.3 is 5.11 Å². The number of carbonyl (C=O) groups excluding carboxylic acids is 1. The number of amides is 1. The van der Waals surface area contributed by atoms with Crippen molar-refractivity contribution in [1.82, 2.24) is 10.4 Å². The summed E-state index contributed by atoms with van der Waals surface area (Å²) in [6.07, 6.45) is 3.31. The minimum absolute atomic E-state index is 0.473. The van der Waals surface area contributed by atoms with Gasteiger partial charge in [-0.3, -0.25) is 9.78 Å². The van der Waals surface area contributed by atoms with Gasteiger partial charge in [-0.05, 0) is 30.2 Å². The molecular weight excluding hydrogens is 326 g/mol. The van der Waals surface area contributed by atoms with Gasteiger partial charge >= 0.3 is 0 Å². The highest BCUT2D eigenvalue weighted by Crippen LogP contribution is 2.29. The third-order valence-electron chi connectivity index (χ3n) is 4.13. The van der Waals surface area contributed by atoms with Crippen molar-refractivity contribution >= 4 is 11.6 Å². The molecule has 130 valence electrons. The van der Waals surface area contributed by atoms with E-state index in [1.54, 1.807) is 80.0 Å². The Balaban J connectivity index is 1.94. The van der Waals surface area contributed by atoms with Crippen molar-refractivity contribution in [2.24, 2.45) is 5.10 Å². The zero-order valence-electron chi connectivity index (χ0n) is 14.3. The number of nitrogens with one attached hydrogen (secondary N) is 1. The van der Waals surface area contributed by atoms with Crippen LogP contribution < -0.4 is 5.43 Å². The molecule has 0 fully saturated rings. The molecule has 0 unspecified atom stereocenters. The van der Waals surface area contributed by atoms with Crippen molar-refractivity contribution in [3.8, 4) is 0 Å². The van der Waals surface area contributed by atoms with Crippen LogP contribution in [-0.2, 0) is 10.4 Å². The monoisotopic (exact) mass is 345 g/mol. The van der Waals surface area contributed by atoms with E-state index in [0.29, 0.717) is 16.8 Å². The molecule has 0 saturated heterocycles. The standard InChI is InChI=1S/C21H19N3O2/c1-16(17-12-14-22-15-13-17)23-24-20(25)21(26,18-8-4-2-5-9-18)19-10-6-3-7-11-19/h2-15,26H,1H3,(H,24,25). The Labute approximate surface area is 152 Å². The Morgan fingerprint density at radius 1 is 0.923 bits per heavy atom. The number of aromatic nitrogens is 1. The van der Waals surface area contributed by atoms with E-state index in [4.69, 9.17) is 0 Å². The lowest BCUT2D eigenvalue weighted by molar-refractivity contribution is -0.136. The predicted octanol–water partition coefficient (Wildman–Crippen LogP) is 2.86. The summed E-state index contributed by atoms with van der Waals surface area (Å²) in [5, 5.41) is 15.5. The van der Waals surface area contributed by atoms with Gasteiger partial charge in [0.25, 0.3) is 5.91 Å². The van der Waals surface area contributed by atoms with E-state index in [-0.39, 0.29) is 0 Å². The van der Waals surface area contributed by atoms with E-state index >= 15 is 0 Å². The summed E-state index contributed by atoms with van der Waals surface area (Å²) in [6.45, 7) is 1.78. The molecule has 0 aliphatic carbocycles.